The zero-order valence-electron chi connectivity index (χ0n) is 17.1. The lowest BCUT2D eigenvalue weighted by molar-refractivity contribution is -0.137. The molecule has 0 saturated heterocycles. The third-order valence-corrected chi connectivity index (χ3v) is 6.30. The third kappa shape index (κ3) is 5.61. The summed E-state index contributed by atoms with van der Waals surface area (Å²) >= 11 is 0. The van der Waals surface area contributed by atoms with Crippen LogP contribution in [0.2, 0.25) is 0 Å². The minimum absolute atomic E-state index is 0.190. The van der Waals surface area contributed by atoms with E-state index in [0.29, 0.717) is 16.1 Å². The average molecular weight is 482 g/mol. The van der Waals surface area contributed by atoms with Crippen LogP contribution in [0.3, 0.4) is 0 Å². The van der Waals surface area contributed by atoms with Crippen molar-refractivity contribution in [3.05, 3.63) is 84.2 Å². The Bertz CT molecular complexity index is 1250. The maximum atomic E-state index is 14.5. The molecule has 0 heterocycles. The first-order valence-electron chi connectivity index (χ1n) is 9.41. The van der Waals surface area contributed by atoms with E-state index in [1.807, 2.05) is 0 Å². The molecule has 0 atom stereocenters. The number of carbonyl (C=O) groups is 1. The molecule has 0 bridgehead atoms. The van der Waals surface area contributed by atoms with Gasteiger partial charge in [-0.25, -0.2) is 12.8 Å². The van der Waals surface area contributed by atoms with Crippen LogP contribution in [0.15, 0.2) is 77.7 Å². The highest BCUT2D eigenvalue weighted by atomic mass is 32.2. The molecule has 0 aliphatic rings. The van der Waals surface area contributed by atoms with Crippen LogP contribution in [0.4, 0.5) is 28.9 Å². The Morgan fingerprint density at radius 3 is 2.27 bits per heavy atom. The standard InChI is InChI=1S/C22H18F4N2O4S/c1-32-17-9-11-18(12-10-17)33(30,31)28(20-8-3-2-7-19(20)23)14-21(29)27-16-6-4-5-15(13-16)22(24,25)26/h2-13H,14H2,1H3,(H,27,29). The van der Waals surface area contributed by atoms with Gasteiger partial charge in [-0.15, -0.1) is 0 Å². The molecule has 3 aromatic carbocycles. The van der Waals surface area contributed by atoms with Crippen LogP contribution in [-0.2, 0) is 21.0 Å². The van der Waals surface area contributed by atoms with Gasteiger partial charge in [0.05, 0.1) is 23.3 Å². The van der Waals surface area contributed by atoms with Gasteiger partial charge in [-0.1, -0.05) is 18.2 Å². The lowest BCUT2D eigenvalue weighted by Crippen LogP contribution is -2.38. The molecule has 0 aromatic heterocycles. The zero-order chi connectivity index (χ0) is 24.2. The van der Waals surface area contributed by atoms with Gasteiger partial charge in [-0.2, -0.15) is 13.2 Å². The number of halogens is 4. The number of amides is 1. The van der Waals surface area contributed by atoms with Crippen LogP contribution in [0.25, 0.3) is 0 Å². The normalized spacial score (nSPS) is 11.7. The number of alkyl halides is 3. The Morgan fingerprint density at radius 1 is 1.00 bits per heavy atom. The SMILES string of the molecule is COc1ccc(S(=O)(=O)N(CC(=O)Nc2cccc(C(F)(F)F)c2)c2ccccc2F)cc1. The third-order valence-electron chi connectivity index (χ3n) is 4.53. The average Bonchev–Trinajstić information content (AvgIpc) is 2.77. The van der Waals surface area contributed by atoms with Crippen LogP contribution in [-0.4, -0.2) is 28.0 Å². The van der Waals surface area contributed by atoms with Crippen molar-refractivity contribution >= 4 is 27.3 Å². The van der Waals surface area contributed by atoms with E-state index in [2.05, 4.69) is 5.32 Å². The molecular weight excluding hydrogens is 464 g/mol. The topological polar surface area (TPSA) is 75.7 Å². The number of sulfonamides is 1. The monoisotopic (exact) mass is 482 g/mol. The van der Waals surface area contributed by atoms with Crippen molar-refractivity contribution < 1.29 is 35.5 Å². The maximum Gasteiger partial charge on any atom is 0.416 e. The van der Waals surface area contributed by atoms with Crippen molar-refractivity contribution in [3.63, 3.8) is 0 Å². The van der Waals surface area contributed by atoms with Crippen LogP contribution in [0, 0.1) is 5.82 Å². The van der Waals surface area contributed by atoms with Gasteiger partial charge in [0.1, 0.15) is 18.1 Å². The Kier molecular flexibility index (Phi) is 6.92. The summed E-state index contributed by atoms with van der Waals surface area (Å²) in [5.41, 5.74) is -1.57. The molecule has 0 unspecified atom stereocenters. The summed E-state index contributed by atoms with van der Waals surface area (Å²) in [7, 11) is -3.03. The van der Waals surface area contributed by atoms with E-state index >= 15 is 0 Å². The molecule has 1 N–H and O–H groups in total. The predicted octanol–water partition coefficient (Wildman–Crippen LogP) is 4.69. The van der Waals surface area contributed by atoms with Gasteiger partial charge in [-0.05, 0) is 54.6 Å². The first-order chi connectivity index (χ1) is 15.5. The molecule has 0 aliphatic carbocycles. The van der Waals surface area contributed by atoms with E-state index in [0.717, 1.165) is 18.2 Å². The van der Waals surface area contributed by atoms with Crippen molar-refractivity contribution in [3.8, 4) is 5.75 Å². The quantitative estimate of drug-likeness (QED) is 0.496. The summed E-state index contributed by atoms with van der Waals surface area (Å²) < 4.78 is 85.3. The molecule has 0 spiro atoms. The Hall–Kier alpha value is -3.60. The molecule has 3 rings (SSSR count). The van der Waals surface area contributed by atoms with Gasteiger partial charge in [0.25, 0.3) is 10.0 Å². The summed E-state index contributed by atoms with van der Waals surface area (Å²) in [5.74, 6) is -1.48. The van der Waals surface area contributed by atoms with Crippen LogP contribution >= 0.6 is 0 Å². The predicted molar refractivity (Wildman–Crippen MR) is 114 cm³/mol. The summed E-state index contributed by atoms with van der Waals surface area (Å²) in [6.07, 6.45) is -4.63. The molecule has 11 heteroatoms. The van der Waals surface area contributed by atoms with Gasteiger partial charge < -0.3 is 10.1 Å². The largest absolute Gasteiger partial charge is 0.497 e. The molecule has 3 aromatic rings. The fourth-order valence-electron chi connectivity index (χ4n) is 2.93. The lowest BCUT2D eigenvalue weighted by atomic mass is 10.2. The number of hydrogen-bond donors (Lipinski definition) is 1. The number of hydrogen-bond acceptors (Lipinski definition) is 4. The number of benzene rings is 3. The van der Waals surface area contributed by atoms with E-state index in [4.69, 9.17) is 4.74 Å². The number of nitrogens with zero attached hydrogens (tertiary/aromatic N) is 1. The number of rotatable bonds is 7. The van der Waals surface area contributed by atoms with Crippen LogP contribution < -0.4 is 14.4 Å². The molecule has 0 radical (unpaired) electrons. The second kappa shape index (κ2) is 9.49. The summed E-state index contributed by atoms with van der Waals surface area (Å²) in [5, 5.41) is 2.23. The van der Waals surface area contributed by atoms with Gasteiger partial charge in [0, 0.05) is 5.69 Å². The fourth-order valence-corrected chi connectivity index (χ4v) is 4.36. The number of para-hydroxylation sites is 1. The molecule has 1 amide bonds. The molecule has 0 saturated carbocycles. The van der Waals surface area contributed by atoms with Crippen molar-refractivity contribution in [1.82, 2.24) is 0 Å². The molecule has 6 nitrogen and oxygen atoms in total. The van der Waals surface area contributed by atoms with Gasteiger partial charge >= 0.3 is 6.18 Å². The second-order valence-corrected chi connectivity index (χ2v) is 8.63. The lowest BCUT2D eigenvalue weighted by Gasteiger charge is -2.24. The minimum Gasteiger partial charge on any atom is -0.497 e. The van der Waals surface area contributed by atoms with Crippen molar-refractivity contribution in [1.29, 1.82) is 0 Å². The van der Waals surface area contributed by atoms with Gasteiger partial charge in [-0.3, -0.25) is 9.10 Å². The summed E-state index contributed by atoms with van der Waals surface area (Å²) in [4.78, 5) is 12.4. The fraction of sp³-hybridized carbons (Fsp3) is 0.136. The van der Waals surface area contributed by atoms with Gasteiger partial charge in [0.2, 0.25) is 5.91 Å². The second-order valence-electron chi connectivity index (χ2n) is 6.77. The molecule has 33 heavy (non-hydrogen) atoms. The van der Waals surface area contributed by atoms with E-state index < -0.39 is 45.7 Å². The van der Waals surface area contributed by atoms with Crippen LogP contribution in [0.1, 0.15) is 5.56 Å². The first-order valence-corrected chi connectivity index (χ1v) is 10.8. The Morgan fingerprint density at radius 2 is 1.67 bits per heavy atom. The number of nitrogens with one attached hydrogen (secondary N) is 1. The number of carbonyl (C=O) groups excluding carboxylic acids is 1. The van der Waals surface area contributed by atoms with E-state index in [9.17, 15) is 30.8 Å². The Balaban J connectivity index is 1.94. The Labute approximate surface area is 187 Å². The number of methoxy groups -OCH3 is 1. The highest BCUT2D eigenvalue weighted by Crippen LogP contribution is 2.31. The smallest absolute Gasteiger partial charge is 0.416 e. The van der Waals surface area contributed by atoms with Crippen molar-refractivity contribution in [2.24, 2.45) is 0 Å². The zero-order valence-corrected chi connectivity index (χ0v) is 18.0. The van der Waals surface area contributed by atoms with E-state index in [1.165, 1.54) is 55.6 Å². The van der Waals surface area contributed by atoms with E-state index in [-0.39, 0.29) is 10.6 Å². The molecule has 174 valence electrons. The molecular formula is C22H18F4N2O4S. The van der Waals surface area contributed by atoms with E-state index in [1.54, 1.807) is 0 Å². The first kappa shape index (κ1) is 24.1. The van der Waals surface area contributed by atoms with Crippen LogP contribution in [0.5, 0.6) is 5.75 Å². The van der Waals surface area contributed by atoms with Crippen molar-refractivity contribution in [2.75, 3.05) is 23.3 Å². The number of anilines is 2. The van der Waals surface area contributed by atoms with Gasteiger partial charge in [0.15, 0.2) is 0 Å². The summed E-state index contributed by atoms with van der Waals surface area (Å²) in [6.45, 7) is -0.883. The highest BCUT2D eigenvalue weighted by Gasteiger charge is 2.31. The number of ether oxygens (including phenoxy) is 1. The summed E-state index contributed by atoms with van der Waals surface area (Å²) in [6, 6.07) is 14.0. The van der Waals surface area contributed by atoms with Crippen molar-refractivity contribution in [2.45, 2.75) is 11.1 Å². The highest BCUT2D eigenvalue weighted by molar-refractivity contribution is 7.92. The minimum atomic E-state index is -4.63. The maximum absolute atomic E-state index is 14.5. The molecule has 0 fully saturated rings. The molecule has 0 aliphatic heterocycles.